The van der Waals surface area contributed by atoms with Crippen molar-refractivity contribution in [3.63, 3.8) is 0 Å². The summed E-state index contributed by atoms with van der Waals surface area (Å²) in [6, 6.07) is 6.74. The number of amides is 1. The fourth-order valence-corrected chi connectivity index (χ4v) is 2.67. The molecule has 1 aliphatic heterocycles. The van der Waals surface area contributed by atoms with Crippen molar-refractivity contribution < 1.29 is 14.7 Å². The van der Waals surface area contributed by atoms with Gasteiger partial charge in [-0.2, -0.15) is 0 Å². The summed E-state index contributed by atoms with van der Waals surface area (Å²) >= 11 is 0. The van der Waals surface area contributed by atoms with Gasteiger partial charge in [0.15, 0.2) is 0 Å². The van der Waals surface area contributed by atoms with Crippen LogP contribution >= 0.6 is 0 Å². The van der Waals surface area contributed by atoms with Gasteiger partial charge in [0.2, 0.25) is 5.91 Å². The molecule has 108 valence electrons. The molecule has 1 unspecified atom stereocenters. The number of carbonyl (C=O) groups excluding carboxylic acids is 1. The van der Waals surface area contributed by atoms with Gasteiger partial charge in [0.05, 0.1) is 12.0 Å². The zero-order chi connectivity index (χ0) is 14.5. The summed E-state index contributed by atoms with van der Waals surface area (Å²) in [4.78, 5) is 25.4. The van der Waals surface area contributed by atoms with Crippen LogP contribution in [0.3, 0.4) is 0 Å². The van der Waals surface area contributed by atoms with E-state index in [1.54, 1.807) is 24.3 Å². The zero-order valence-electron chi connectivity index (χ0n) is 11.8. The van der Waals surface area contributed by atoms with Gasteiger partial charge in [0.25, 0.3) is 0 Å². The van der Waals surface area contributed by atoms with Crippen molar-refractivity contribution in [2.45, 2.75) is 32.6 Å². The van der Waals surface area contributed by atoms with Crippen LogP contribution in [0.25, 0.3) is 0 Å². The summed E-state index contributed by atoms with van der Waals surface area (Å²) < 4.78 is 0. The smallest absolute Gasteiger partial charge is 0.335 e. The van der Waals surface area contributed by atoms with E-state index in [4.69, 9.17) is 5.11 Å². The number of carboxylic acids is 1. The van der Waals surface area contributed by atoms with E-state index >= 15 is 0 Å². The van der Waals surface area contributed by atoms with Crippen molar-refractivity contribution in [2.24, 2.45) is 5.92 Å². The Bertz CT molecular complexity index is 498. The van der Waals surface area contributed by atoms with E-state index in [2.05, 4.69) is 6.92 Å². The third-order valence-electron chi connectivity index (χ3n) is 3.96. The third-order valence-corrected chi connectivity index (χ3v) is 3.96. The van der Waals surface area contributed by atoms with E-state index in [0.717, 1.165) is 32.4 Å². The average Bonchev–Trinajstić information content (AvgIpc) is 2.64. The van der Waals surface area contributed by atoms with Gasteiger partial charge in [-0.1, -0.05) is 25.1 Å². The fraction of sp³-hybridized carbons (Fsp3) is 0.500. The van der Waals surface area contributed by atoms with Crippen LogP contribution in [-0.4, -0.2) is 35.0 Å². The summed E-state index contributed by atoms with van der Waals surface area (Å²) in [5, 5.41) is 9.14. The first-order valence-electron chi connectivity index (χ1n) is 7.17. The predicted molar refractivity (Wildman–Crippen MR) is 76.7 cm³/mol. The van der Waals surface area contributed by atoms with Crippen molar-refractivity contribution in [3.05, 3.63) is 35.4 Å². The number of rotatable bonds is 3. The van der Waals surface area contributed by atoms with Crippen molar-refractivity contribution in [3.8, 4) is 0 Å². The van der Waals surface area contributed by atoms with E-state index in [9.17, 15) is 9.59 Å². The van der Waals surface area contributed by atoms with Crippen molar-refractivity contribution >= 4 is 11.9 Å². The first-order valence-corrected chi connectivity index (χ1v) is 7.17. The molecular weight excluding hydrogens is 254 g/mol. The average molecular weight is 275 g/mol. The number of hydrogen-bond donors (Lipinski definition) is 1. The highest BCUT2D eigenvalue weighted by Crippen LogP contribution is 2.18. The minimum atomic E-state index is -0.974. The normalized spacial score (nSPS) is 19.4. The van der Waals surface area contributed by atoms with Gasteiger partial charge in [-0.25, -0.2) is 4.79 Å². The van der Waals surface area contributed by atoms with Crippen LogP contribution in [0.15, 0.2) is 24.3 Å². The molecule has 0 spiro atoms. The molecule has 4 nitrogen and oxygen atoms in total. The summed E-state index contributed by atoms with van der Waals surface area (Å²) in [6.07, 6.45) is 3.41. The Morgan fingerprint density at radius 2 is 2.00 bits per heavy atom. The molecule has 1 aromatic carbocycles. The molecule has 1 amide bonds. The molecule has 1 fully saturated rings. The molecule has 4 heteroatoms. The topological polar surface area (TPSA) is 57.6 Å². The monoisotopic (exact) mass is 275 g/mol. The van der Waals surface area contributed by atoms with Gasteiger partial charge in [0, 0.05) is 13.1 Å². The van der Waals surface area contributed by atoms with Crippen LogP contribution in [0.1, 0.15) is 42.1 Å². The Kier molecular flexibility index (Phi) is 4.77. The Morgan fingerprint density at radius 3 is 2.75 bits per heavy atom. The summed E-state index contributed by atoms with van der Waals surface area (Å²) in [6.45, 7) is 3.79. The van der Waals surface area contributed by atoms with Crippen LogP contribution in [0.4, 0.5) is 0 Å². The molecule has 0 radical (unpaired) electrons. The number of carboxylic acid groups (broad SMARTS) is 1. The lowest BCUT2D eigenvalue weighted by Gasteiger charge is -2.21. The Morgan fingerprint density at radius 1 is 1.25 bits per heavy atom. The molecule has 0 bridgehead atoms. The minimum absolute atomic E-state index is 0.0350. The molecule has 2 rings (SSSR count). The number of benzene rings is 1. The summed E-state index contributed by atoms with van der Waals surface area (Å²) in [7, 11) is 0. The maximum absolute atomic E-state index is 12.3. The molecular formula is C16H21NO3. The van der Waals surface area contributed by atoms with E-state index in [1.807, 2.05) is 4.90 Å². The molecule has 1 aromatic rings. The maximum Gasteiger partial charge on any atom is 0.335 e. The van der Waals surface area contributed by atoms with Gasteiger partial charge < -0.3 is 10.0 Å². The molecule has 1 atom stereocenters. The lowest BCUT2D eigenvalue weighted by atomic mass is 10.0. The van der Waals surface area contributed by atoms with E-state index in [-0.39, 0.29) is 17.9 Å². The minimum Gasteiger partial charge on any atom is -0.478 e. The summed E-state index contributed by atoms with van der Waals surface area (Å²) in [5.74, 6) is -0.273. The second-order valence-electron chi connectivity index (χ2n) is 5.56. The highest BCUT2D eigenvalue weighted by atomic mass is 16.4. The Balaban J connectivity index is 2.06. The molecule has 0 aliphatic carbocycles. The first-order chi connectivity index (χ1) is 9.58. The highest BCUT2D eigenvalue weighted by molar-refractivity contribution is 5.91. The Labute approximate surface area is 119 Å². The van der Waals surface area contributed by atoms with Gasteiger partial charge in [-0.05, 0) is 36.8 Å². The van der Waals surface area contributed by atoms with Crippen LogP contribution in [0, 0.1) is 5.92 Å². The van der Waals surface area contributed by atoms with Gasteiger partial charge in [0.1, 0.15) is 0 Å². The number of nitrogens with zero attached hydrogens (tertiary/aromatic N) is 1. The molecule has 1 N–H and O–H groups in total. The lowest BCUT2D eigenvalue weighted by Crippen LogP contribution is -2.33. The number of likely N-dealkylation sites (tertiary alicyclic amines) is 1. The third kappa shape index (κ3) is 3.59. The van der Waals surface area contributed by atoms with Gasteiger partial charge >= 0.3 is 5.97 Å². The number of hydrogen-bond acceptors (Lipinski definition) is 2. The summed E-state index contributed by atoms with van der Waals surface area (Å²) in [5.41, 5.74) is 0.825. The molecule has 0 saturated carbocycles. The molecule has 20 heavy (non-hydrogen) atoms. The molecule has 1 aliphatic rings. The van der Waals surface area contributed by atoms with E-state index in [1.165, 1.54) is 0 Å². The van der Waals surface area contributed by atoms with Gasteiger partial charge in [-0.15, -0.1) is 0 Å². The number of carbonyl (C=O) groups is 2. The predicted octanol–water partition coefficient (Wildman–Crippen LogP) is 2.58. The van der Waals surface area contributed by atoms with Gasteiger partial charge in [-0.3, -0.25) is 4.79 Å². The standard InChI is InChI=1S/C16H21NO3/c1-12-5-4-9-17(10-8-12)15(18)11-13-6-2-3-7-14(13)16(19)20/h2-3,6-7,12H,4-5,8-11H2,1H3,(H,19,20). The van der Waals surface area contributed by atoms with Crippen LogP contribution < -0.4 is 0 Å². The largest absolute Gasteiger partial charge is 0.478 e. The van der Waals surface area contributed by atoms with Crippen molar-refractivity contribution in [1.29, 1.82) is 0 Å². The number of aromatic carboxylic acids is 1. The maximum atomic E-state index is 12.3. The van der Waals surface area contributed by atoms with Crippen molar-refractivity contribution in [2.75, 3.05) is 13.1 Å². The SMILES string of the molecule is CC1CCCN(C(=O)Cc2ccccc2C(=O)O)CC1. The molecule has 0 aromatic heterocycles. The lowest BCUT2D eigenvalue weighted by molar-refractivity contribution is -0.130. The molecule has 1 saturated heterocycles. The quantitative estimate of drug-likeness (QED) is 0.922. The zero-order valence-corrected chi connectivity index (χ0v) is 11.8. The second kappa shape index (κ2) is 6.55. The van der Waals surface area contributed by atoms with Crippen molar-refractivity contribution in [1.82, 2.24) is 4.90 Å². The Hall–Kier alpha value is -1.84. The van der Waals surface area contributed by atoms with E-state index < -0.39 is 5.97 Å². The molecule has 1 heterocycles. The van der Waals surface area contributed by atoms with Crippen LogP contribution in [0.5, 0.6) is 0 Å². The second-order valence-corrected chi connectivity index (χ2v) is 5.56. The van der Waals surface area contributed by atoms with Crippen LogP contribution in [-0.2, 0) is 11.2 Å². The van der Waals surface area contributed by atoms with E-state index in [0.29, 0.717) is 11.5 Å². The highest BCUT2D eigenvalue weighted by Gasteiger charge is 2.20. The fourth-order valence-electron chi connectivity index (χ4n) is 2.67. The first kappa shape index (κ1) is 14.6. The van der Waals surface area contributed by atoms with Crippen LogP contribution in [0.2, 0.25) is 0 Å².